The highest BCUT2D eigenvalue weighted by molar-refractivity contribution is 6.15. The van der Waals surface area contributed by atoms with E-state index in [1.165, 1.54) is 0 Å². The lowest BCUT2D eigenvalue weighted by atomic mass is 9.94. The van der Waals surface area contributed by atoms with E-state index in [-0.39, 0.29) is 23.8 Å². The third kappa shape index (κ3) is 8.05. The van der Waals surface area contributed by atoms with Crippen LogP contribution in [0.4, 0.5) is 4.79 Å². The molecule has 1 fully saturated rings. The number of Topliss-reactive ketones (excluding diaryl/α,β-unsaturated/α-hetero) is 2. The molecule has 1 atom stereocenters. The molecule has 2 aromatic rings. The average molecular weight is 479 g/mol. The molecule has 0 aliphatic heterocycles. The van der Waals surface area contributed by atoms with Gasteiger partial charge >= 0.3 is 6.09 Å². The summed E-state index contributed by atoms with van der Waals surface area (Å²) in [5.41, 5.74) is 0.859. The summed E-state index contributed by atoms with van der Waals surface area (Å²) in [5, 5.41) is 5.37. The van der Waals surface area contributed by atoms with Crippen LogP contribution in [0.1, 0.15) is 79.2 Å². The van der Waals surface area contributed by atoms with Gasteiger partial charge in [-0.05, 0) is 39.2 Å². The van der Waals surface area contributed by atoms with Crippen molar-refractivity contribution in [1.82, 2.24) is 10.6 Å². The fourth-order valence-corrected chi connectivity index (χ4v) is 4.07. The van der Waals surface area contributed by atoms with Crippen molar-refractivity contribution in [3.63, 3.8) is 0 Å². The number of benzene rings is 2. The monoisotopic (exact) mass is 478 g/mol. The van der Waals surface area contributed by atoms with E-state index < -0.39 is 29.4 Å². The van der Waals surface area contributed by atoms with E-state index in [1.54, 1.807) is 57.2 Å². The molecule has 3 rings (SSSR count). The first kappa shape index (κ1) is 26.1. The van der Waals surface area contributed by atoms with Crippen molar-refractivity contribution in [2.45, 2.75) is 77.0 Å². The molecule has 1 aliphatic carbocycles. The Morgan fingerprint density at radius 2 is 1.51 bits per heavy atom. The zero-order chi connectivity index (χ0) is 25.4. The summed E-state index contributed by atoms with van der Waals surface area (Å²) in [5.74, 6) is -1.11. The molecule has 0 radical (unpaired) electrons. The van der Waals surface area contributed by atoms with Crippen molar-refractivity contribution in [3.8, 4) is 0 Å². The Labute approximate surface area is 206 Å². The number of carbonyl (C=O) groups excluding carboxylic acids is 4. The SMILES string of the molecule is CC(C)(C)OC(=O)N[C@H](C(=O)NC1CCCCC1)C(=O)c1ccc(CC(=O)c2ccccc2)cc1. The van der Waals surface area contributed by atoms with Crippen molar-refractivity contribution in [2.75, 3.05) is 0 Å². The van der Waals surface area contributed by atoms with E-state index in [1.807, 2.05) is 18.2 Å². The first-order valence-electron chi connectivity index (χ1n) is 12.1. The summed E-state index contributed by atoms with van der Waals surface area (Å²) in [4.78, 5) is 51.2. The van der Waals surface area contributed by atoms with Crippen LogP contribution in [0.2, 0.25) is 0 Å². The van der Waals surface area contributed by atoms with E-state index in [0.717, 1.165) is 37.7 Å². The number of hydrogen-bond acceptors (Lipinski definition) is 5. The fourth-order valence-electron chi connectivity index (χ4n) is 4.07. The van der Waals surface area contributed by atoms with E-state index >= 15 is 0 Å². The normalized spacial score (nSPS) is 15.1. The zero-order valence-corrected chi connectivity index (χ0v) is 20.6. The molecule has 2 N–H and O–H groups in total. The summed E-state index contributed by atoms with van der Waals surface area (Å²) in [6.45, 7) is 5.13. The van der Waals surface area contributed by atoms with Gasteiger partial charge in [0.1, 0.15) is 5.60 Å². The maximum atomic E-state index is 13.3. The predicted octanol–water partition coefficient (Wildman–Crippen LogP) is 4.64. The van der Waals surface area contributed by atoms with Crippen LogP contribution in [0.25, 0.3) is 0 Å². The van der Waals surface area contributed by atoms with Crippen LogP contribution >= 0.6 is 0 Å². The lowest BCUT2D eigenvalue weighted by Gasteiger charge is -2.26. The quantitative estimate of drug-likeness (QED) is 0.425. The van der Waals surface area contributed by atoms with Gasteiger partial charge in [0, 0.05) is 23.6 Å². The molecule has 0 saturated heterocycles. The van der Waals surface area contributed by atoms with Gasteiger partial charge < -0.3 is 15.4 Å². The molecule has 35 heavy (non-hydrogen) atoms. The van der Waals surface area contributed by atoms with Crippen LogP contribution in [-0.4, -0.2) is 41.3 Å². The van der Waals surface area contributed by atoms with E-state index in [2.05, 4.69) is 10.6 Å². The molecule has 2 aromatic carbocycles. The standard InChI is InChI=1S/C28H34N2O5/c1-28(2,3)35-27(34)30-24(26(33)29-22-12-8-5-9-13-22)25(32)21-16-14-19(15-17-21)18-23(31)20-10-6-4-7-11-20/h4,6-7,10-11,14-17,22,24H,5,8-9,12-13,18H2,1-3H3,(H,29,33)(H,30,34)/t24-/m0/s1. The highest BCUT2D eigenvalue weighted by Gasteiger charge is 2.32. The maximum absolute atomic E-state index is 13.3. The number of nitrogens with one attached hydrogen (secondary N) is 2. The minimum Gasteiger partial charge on any atom is -0.444 e. The van der Waals surface area contributed by atoms with Crippen LogP contribution < -0.4 is 10.6 Å². The average Bonchev–Trinajstić information content (AvgIpc) is 2.82. The molecule has 186 valence electrons. The second-order valence-corrected chi connectivity index (χ2v) is 9.95. The maximum Gasteiger partial charge on any atom is 0.408 e. The highest BCUT2D eigenvalue weighted by Crippen LogP contribution is 2.18. The molecule has 7 nitrogen and oxygen atoms in total. The number of amides is 2. The smallest absolute Gasteiger partial charge is 0.408 e. The van der Waals surface area contributed by atoms with Crippen LogP contribution in [0.15, 0.2) is 54.6 Å². The number of hydrogen-bond donors (Lipinski definition) is 2. The number of ether oxygens (including phenoxy) is 1. The largest absolute Gasteiger partial charge is 0.444 e. The minimum atomic E-state index is -1.41. The van der Waals surface area contributed by atoms with Gasteiger partial charge in [0.25, 0.3) is 5.91 Å². The van der Waals surface area contributed by atoms with Gasteiger partial charge in [-0.15, -0.1) is 0 Å². The second-order valence-electron chi connectivity index (χ2n) is 9.95. The lowest BCUT2D eigenvalue weighted by molar-refractivity contribution is -0.123. The van der Waals surface area contributed by atoms with Crippen molar-refractivity contribution >= 4 is 23.6 Å². The van der Waals surface area contributed by atoms with Crippen molar-refractivity contribution < 1.29 is 23.9 Å². The van der Waals surface area contributed by atoms with Crippen molar-refractivity contribution in [2.24, 2.45) is 0 Å². The first-order chi connectivity index (χ1) is 16.6. The van der Waals surface area contributed by atoms with Crippen LogP contribution in [0, 0.1) is 0 Å². The summed E-state index contributed by atoms with van der Waals surface area (Å²) in [7, 11) is 0. The van der Waals surface area contributed by atoms with Gasteiger partial charge in [-0.3, -0.25) is 14.4 Å². The third-order valence-electron chi connectivity index (χ3n) is 5.84. The van der Waals surface area contributed by atoms with Gasteiger partial charge in [-0.1, -0.05) is 73.9 Å². The van der Waals surface area contributed by atoms with Crippen LogP contribution in [-0.2, 0) is 16.0 Å². The molecule has 0 aromatic heterocycles. The molecule has 0 spiro atoms. The summed E-state index contributed by atoms with van der Waals surface area (Å²) >= 11 is 0. The molecule has 1 aliphatic rings. The number of rotatable bonds is 8. The number of alkyl carbamates (subject to hydrolysis) is 1. The molecule has 7 heteroatoms. The number of carbonyl (C=O) groups is 4. The molecule has 0 heterocycles. The van der Waals surface area contributed by atoms with Crippen LogP contribution in [0.5, 0.6) is 0 Å². The van der Waals surface area contributed by atoms with Crippen molar-refractivity contribution in [3.05, 3.63) is 71.3 Å². The summed E-state index contributed by atoms with van der Waals surface area (Å²) in [6.07, 6.45) is 4.23. The molecular weight excluding hydrogens is 444 g/mol. The Hall–Kier alpha value is -3.48. The zero-order valence-electron chi connectivity index (χ0n) is 20.6. The van der Waals surface area contributed by atoms with Gasteiger partial charge in [-0.2, -0.15) is 0 Å². The summed E-state index contributed by atoms with van der Waals surface area (Å²) in [6, 6.07) is 14.1. The van der Waals surface area contributed by atoms with E-state index in [4.69, 9.17) is 4.74 Å². The van der Waals surface area contributed by atoms with Gasteiger partial charge in [0.2, 0.25) is 0 Å². The molecular formula is C28H34N2O5. The first-order valence-corrected chi connectivity index (χ1v) is 12.1. The van der Waals surface area contributed by atoms with Crippen LogP contribution in [0.3, 0.4) is 0 Å². The highest BCUT2D eigenvalue weighted by atomic mass is 16.6. The van der Waals surface area contributed by atoms with E-state index in [9.17, 15) is 19.2 Å². The fraction of sp³-hybridized carbons (Fsp3) is 0.429. The Balaban J connectivity index is 1.72. The predicted molar refractivity (Wildman–Crippen MR) is 133 cm³/mol. The molecule has 0 unspecified atom stereocenters. The Morgan fingerprint density at radius 3 is 2.11 bits per heavy atom. The molecule has 2 amide bonds. The summed E-state index contributed by atoms with van der Waals surface area (Å²) < 4.78 is 5.28. The third-order valence-corrected chi connectivity index (χ3v) is 5.84. The Morgan fingerprint density at radius 1 is 0.886 bits per heavy atom. The topological polar surface area (TPSA) is 102 Å². The van der Waals surface area contributed by atoms with Gasteiger partial charge in [-0.25, -0.2) is 4.79 Å². The minimum absolute atomic E-state index is 0.0154. The van der Waals surface area contributed by atoms with Gasteiger partial charge in [0.05, 0.1) is 0 Å². The number of ketones is 2. The van der Waals surface area contributed by atoms with Crippen molar-refractivity contribution in [1.29, 1.82) is 0 Å². The lowest BCUT2D eigenvalue weighted by Crippen LogP contribution is -2.54. The molecule has 1 saturated carbocycles. The Kier molecular flexibility index (Phi) is 8.79. The van der Waals surface area contributed by atoms with E-state index in [0.29, 0.717) is 5.56 Å². The second kappa shape index (κ2) is 11.8. The van der Waals surface area contributed by atoms with Gasteiger partial charge in [0.15, 0.2) is 17.6 Å². The molecule has 0 bridgehead atoms. The Bertz CT molecular complexity index is 1040.